The molecule has 0 radical (unpaired) electrons. The van der Waals surface area contributed by atoms with Crippen LogP contribution in [0.2, 0.25) is 0 Å². The highest BCUT2D eigenvalue weighted by Gasteiger charge is 2.17. The zero-order chi connectivity index (χ0) is 11.8. The normalized spacial score (nSPS) is 23.6. The van der Waals surface area contributed by atoms with Crippen molar-refractivity contribution in [3.8, 4) is 0 Å². The molecule has 0 aromatic heterocycles. The summed E-state index contributed by atoms with van der Waals surface area (Å²) in [6, 6.07) is 0.502. The monoisotopic (exact) mass is 228 g/mol. The molecule has 1 fully saturated rings. The smallest absolute Gasteiger partial charge is 0.0621 e. The van der Waals surface area contributed by atoms with Crippen LogP contribution in [-0.2, 0) is 4.74 Å². The molecule has 0 spiro atoms. The van der Waals surface area contributed by atoms with E-state index >= 15 is 0 Å². The highest BCUT2D eigenvalue weighted by Crippen LogP contribution is 2.10. The van der Waals surface area contributed by atoms with E-state index in [0.717, 1.165) is 25.7 Å². The van der Waals surface area contributed by atoms with Gasteiger partial charge in [-0.15, -0.1) is 0 Å². The van der Waals surface area contributed by atoms with E-state index in [4.69, 9.17) is 4.74 Å². The quantitative estimate of drug-likeness (QED) is 0.695. The van der Waals surface area contributed by atoms with Gasteiger partial charge in [0, 0.05) is 12.6 Å². The van der Waals surface area contributed by atoms with Crippen molar-refractivity contribution in [2.75, 3.05) is 32.8 Å². The van der Waals surface area contributed by atoms with Crippen LogP contribution in [0.3, 0.4) is 0 Å². The Hall–Kier alpha value is -0.120. The molecule has 3 heteroatoms. The molecular weight excluding hydrogens is 200 g/mol. The summed E-state index contributed by atoms with van der Waals surface area (Å²) in [6.45, 7) is 11.7. The molecule has 1 rings (SSSR count). The molecule has 0 aromatic carbocycles. The van der Waals surface area contributed by atoms with Crippen LogP contribution in [-0.4, -0.2) is 38.9 Å². The zero-order valence-corrected chi connectivity index (χ0v) is 11.1. The Labute approximate surface area is 100 Å². The van der Waals surface area contributed by atoms with Crippen LogP contribution in [0.4, 0.5) is 0 Å². The maximum Gasteiger partial charge on any atom is 0.0621 e. The van der Waals surface area contributed by atoms with Crippen molar-refractivity contribution in [3.05, 3.63) is 0 Å². The van der Waals surface area contributed by atoms with Gasteiger partial charge >= 0.3 is 0 Å². The van der Waals surface area contributed by atoms with E-state index in [0.29, 0.717) is 12.0 Å². The zero-order valence-electron chi connectivity index (χ0n) is 11.1. The average Bonchev–Trinajstić information content (AvgIpc) is 2.30. The maximum atomic E-state index is 5.52. The van der Waals surface area contributed by atoms with Crippen LogP contribution in [0.1, 0.15) is 33.6 Å². The Kier molecular flexibility index (Phi) is 7.01. The Morgan fingerprint density at radius 1 is 1.44 bits per heavy atom. The Morgan fingerprint density at radius 2 is 2.25 bits per heavy atom. The SMILES string of the molecule is CCOCC(NCC1CCCNC1)C(C)C. The van der Waals surface area contributed by atoms with E-state index < -0.39 is 0 Å². The molecule has 0 bridgehead atoms. The van der Waals surface area contributed by atoms with Gasteiger partial charge < -0.3 is 15.4 Å². The fourth-order valence-electron chi connectivity index (χ4n) is 2.15. The molecule has 1 saturated heterocycles. The van der Waals surface area contributed by atoms with E-state index in [1.807, 2.05) is 0 Å². The number of piperidine rings is 1. The minimum atomic E-state index is 0.502. The van der Waals surface area contributed by atoms with Gasteiger partial charge in [0.25, 0.3) is 0 Å². The van der Waals surface area contributed by atoms with Crippen LogP contribution in [0, 0.1) is 11.8 Å². The molecule has 1 heterocycles. The molecule has 1 aliphatic heterocycles. The molecule has 96 valence electrons. The standard InChI is InChI=1S/C13H28N2O/c1-4-16-10-13(11(2)3)15-9-12-6-5-7-14-8-12/h11-15H,4-10H2,1-3H3. The van der Waals surface area contributed by atoms with E-state index in [-0.39, 0.29) is 0 Å². The van der Waals surface area contributed by atoms with Crippen molar-refractivity contribution >= 4 is 0 Å². The third kappa shape index (κ3) is 5.28. The summed E-state index contributed by atoms with van der Waals surface area (Å²) < 4.78 is 5.52. The minimum Gasteiger partial charge on any atom is -0.380 e. The maximum absolute atomic E-state index is 5.52. The number of ether oxygens (including phenoxy) is 1. The van der Waals surface area contributed by atoms with Crippen molar-refractivity contribution < 1.29 is 4.74 Å². The Bertz CT molecular complexity index is 167. The van der Waals surface area contributed by atoms with E-state index in [9.17, 15) is 0 Å². The summed E-state index contributed by atoms with van der Waals surface area (Å²) in [5, 5.41) is 7.12. The molecule has 2 unspecified atom stereocenters. The molecule has 0 aromatic rings. The van der Waals surface area contributed by atoms with Crippen LogP contribution < -0.4 is 10.6 Å². The van der Waals surface area contributed by atoms with Gasteiger partial charge in [0.15, 0.2) is 0 Å². The lowest BCUT2D eigenvalue weighted by Crippen LogP contribution is -2.43. The summed E-state index contributed by atoms with van der Waals surface area (Å²) in [5.74, 6) is 1.44. The van der Waals surface area contributed by atoms with Gasteiger partial charge in [-0.1, -0.05) is 13.8 Å². The van der Waals surface area contributed by atoms with Gasteiger partial charge in [-0.05, 0) is 51.2 Å². The molecule has 2 N–H and O–H groups in total. The number of hydrogen-bond acceptors (Lipinski definition) is 3. The lowest BCUT2D eigenvalue weighted by atomic mass is 9.98. The van der Waals surface area contributed by atoms with Gasteiger partial charge in [0.05, 0.1) is 6.61 Å². The third-order valence-corrected chi connectivity index (χ3v) is 3.37. The molecule has 3 nitrogen and oxygen atoms in total. The predicted molar refractivity (Wildman–Crippen MR) is 68.7 cm³/mol. The predicted octanol–water partition coefficient (Wildman–Crippen LogP) is 1.64. The van der Waals surface area contributed by atoms with Gasteiger partial charge in [-0.25, -0.2) is 0 Å². The van der Waals surface area contributed by atoms with Crippen molar-refractivity contribution in [3.63, 3.8) is 0 Å². The molecule has 16 heavy (non-hydrogen) atoms. The summed E-state index contributed by atoms with van der Waals surface area (Å²) in [4.78, 5) is 0. The summed E-state index contributed by atoms with van der Waals surface area (Å²) >= 11 is 0. The summed E-state index contributed by atoms with van der Waals surface area (Å²) in [7, 11) is 0. The first-order valence-corrected chi connectivity index (χ1v) is 6.75. The topological polar surface area (TPSA) is 33.3 Å². The van der Waals surface area contributed by atoms with Crippen LogP contribution in [0.5, 0.6) is 0 Å². The van der Waals surface area contributed by atoms with E-state index in [1.165, 1.54) is 25.9 Å². The first-order valence-electron chi connectivity index (χ1n) is 6.75. The first-order chi connectivity index (χ1) is 7.74. The fourth-order valence-corrected chi connectivity index (χ4v) is 2.15. The second-order valence-electron chi connectivity index (χ2n) is 5.13. The van der Waals surface area contributed by atoms with Gasteiger partial charge in [0.2, 0.25) is 0 Å². The highest BCUT2D eigenvalue weighted by atomic mass is 16.5. The van der Waals surface area contributed by atoms with Crippen molar-refractivity contribution in [2.45, 2.75) is 39.7 Å². The number of rotatable bonds is 7. The first kappa shape index (κ1) is 13.9. The van der Waals surface area contributed by atoms with Crippen LogP contribution in [0.15, 0.2) is 0 Å². The Morgan fingerprint density at radius 3 is 2.81 bits per heavy atom. The summed E-state index contributed by atoms with van der Waals surface area (Å²) in [6.07, 6.45) is 2.68. The largest absolute Gasteiger partial charge is 0.380 e. The molecule has 1 aliphatic rings. The lowest BCUT2D eigenvalue weighted by Gasteiger charge is -2.28. The van der Waals surface area contributed by atoms with Gasteiger partial charge in [-0.3, -0.25) is 0 Å². The minimum absolute atomic E-state index is 0.502. The second kappa shape index (κ2) is 8.04. The van der Waals surface area contributed by atoms with Crippen LogP contribution >= 0.6 is 0 Å². The molecule has 0 aliphatic carbocycles. The molecule has 2 atom stereocenters. The highest BCUT2D eigenvalue weighted by molar-refractivity contribution is 4.76. The third-order valence-electron chi connectivity index (χ3n) is 3.37. The van der Waals surface area contributed by atoms with E-state index in [2.05, 4.69) is 31.4 Å². The number of hydrogen-bond donors (Lipinski definition) is 2. The molecular formula is C13H28N2O. The van der Waals surface area contributed by atoms with Crippen molar-refractivity contribution in [1.29, 1.82) is 0 Å². The fraction of sp³-hybridized carbons (Fsp3) is 1.00. The molecule has 0 saturated carbocycles. The number of nitrogens with one attached hydrogen (secondary N) is 2. The van der Waals surface area contributed by atoms with Crippen molar-refractivity contribution in [2.24, 2.45) is 11.8 Å². The summed E-state index contributed by atoms with van der Waals surface area (Å²) in [5.41, 5.74) is 0. The van der Waals surface area contributed by atoms with E-state index in [1.54, 1.807) is 0 Å². The average molecular weight is 228 g/mol. The van der Waals surface area contributed by atoms with Crippen molar-refractivity contribution in [1.82, 2.24) is 10.6 Å². The van der Waals surface area contributed by atoms with Gasteiger partial charge in [0.1, 0.15) is 0 Å². The lowest BCUT2D eigenvalue weighted by molar-refractivity contribution is 0.106. The molecule has 0 amide bonds. The van der Waals surface area contributed by atoms with Crippen LogP contribution in [0.25, 0.3) is 0 Å². The Balaban J connectivity index is 2.19. The second-order valence-corrected chi connectivity index (χ2v) is 5.13. The van der Waals surface area contributed by atoms with Gasteiger partial charge in [-0.2, -0.15) is 0 Å².